The van der Waals surface area contributed by atoms with Crippen molar-refractivity contribution in [2.24, 2.45) is 0 Å². The molecule has 1 N–H and O–H groups in total. The predicted molar refractivity (Wildman–Crippen MR) is 67.6 cm³/mol. The van der Waals surface area contributed by atoms with E-state index in [0.29, 0.717) is 0 Å². The van der Waals surface area contributed by atoms with Crippen LogP contribution in [-0.2, 0) is 6.54 Å². The molecule has 0 saturated carbocycles. The number of aryl methyl sites for hydroxylation is 1. The number of aromatic nitrogens is 3. The molecule has 90 valence electrons. The number of hydrogen-bond acceptors (Lipinski definition) is 3. The van der Waals surface area contributed by atoms with Crippen LogP contribution in [0.1, 0.15) is 24.1 Å². The lowest BCUT2D eigenvalue weighted by molar-refractivity contribution is 0.447. The van der Waals surface area contributed by atoms with Crippen molar-refractivity contribution in [3.63, 3.8) is 0 Å². The molecule has 4 heteroatoms. The summed E-state index contributed by atoms with van der Waals surface area (Å²) in [5.74, 6) is 0. The Kier molecular flexibility index (Phi) is 3.88. The van der Waals surface area contributed by atoms with Gasteiger partial charge in [-0.15, -0.1) is 0 Å². The minimum Gasteiger partial charge on any atom is -0.309 e. The SMILES string of the molecule is CCNC(Cn1cncn1)c1ccc(C)cc1. The van der Waals surface area contributed by atoms with Crippen LogP contribution in [0.3, 0.4) is 0 Å². The summed E-state index contributed by atoms with van der Waals surface area (Å²) in [4.78, 5) is 3.97. The van der Waals surface area contributed by atoms with Crippen LogP contribution >= 0.6 is 0 Å². The van der Waals surface area contributed by atoms with E-state index < -0.39 is 0 Å². The van der Waals surface area contributed by atoms with E-state index >= 15 is 0 Å². The van der Waals surface area contributed by atoms with E-state index in [9.17, 15) is 0 Å². The van der Waals surface area contributed by atoms with Crippen LogP contribution in [0.15, 0.2) is 36.9 Å². The summed E-state index contributed by atoms with van der Waals surface area (Å²) in [6, 6.07) is 8.89. The van der Waals surface area contributed by atoms with Crippen molar-refractivity contribution < 1.29 is 0 Å². The fourth-order valence-corrected chi connectivity index (χ4v) is 1.85. The first-order valence-corrected chi connectivity index (χ1v) is 5.92. The highest BCUT2D eigenvalue weighted by Crippen LogP contribution is 2.15. The van der Waals surface area contributed by atoms with Crippen molar-refractivity contribution in [1.29, 1.82) is 0 Å². The van der Waals surface area contributed by atoms with E-state index in [2.05, 4.69) is 53.5 Å². The van der Waals surface area contributed by atoms with Crippen molar-refractivity contribution >= 4 is 0 Å². The maximum absolute atomic E-state index is 4.15. The summed E-state index contributed by atoms with van der Waals surface area (Å²) < 4.78 is 1.85. The number of nitrogens with one attached hydrogen (secondary N) is 1. The van der Waals surface area contributed by atoms with Crippen molar-refractivity contribution in [1.82, 2.24) is 20.1 Å². The molecule has 0 fully saturated rings. The lowest BCUT2D eigenvalue weighted by Gasteiger charge is -2.18. The molecule has 1 aromatic heterocycles. The third-order valence-electron chi connectivity index (χ3n) is 2.77. The fraction of sp³-hybridized carbons (Fsp3) is 0.385. The monoisotopic (exact) mass is 230 g/mol. The van der Waals surface area contributed by atoms with Crippen LogP contribution in [0.4, 0.5) is 0 Å². The Morgan fingerprint density at radius 1 is 1.29 bits per heavy atom. The van der Waals surface area contributed by atoms with Crippen LogP contribution in [0.5, 0.6) is 0 Å². The molecule has 1 atom stereocenters. The first-order chi connectivity index (χ1) is 8.29. The van der Waals surface area contributed by atoms with Gasteiger partial charge in [0.2, 0.25) is 0 Å². The second-order valence-electron chi connectivity index (χ2n) is 4.14. The molecular weight excluding hydrogens is 212 g/mol. The molecule has 0 radical (unpaired) electrons. The highest BCUT2D eigenvalue weighted by atomic mass is 15.3. The molecule has 17 heavy (non-hydrogen) atoms. The Labute approximate surface area is 102 Å². The van der Waals surface area contributed by atoms with Crippen LogP contribution in [0, 0.1) is 6.92 Å². The molecule has 0 saturated heterocycles. The minimum atomic E-state index is 0.280. The second kappa shape index (κ2) is 5.59. The van der Waals surface area contributed by atoms with E-state index in [1.54, 1.807) is 12.7 Å². The largest absolute Gasteiger partial charge is 0.309 e. The molecule has 0 aliphatic carbocycles. The van der Waals surface area contributed by atoms with E-state index in [-0.39, 0.29) is 6.04 Å². The molecule has 0 aliphatic heterocycles. The first kappa shape index (κ1) is 11.8. The smallest absolute Gasteiger partial charge is 0.137 e. The number of benzene rings is 1. The molecule has 2 rings (SSSR count). The molecule has 0 aliphatic rings. The lowest BCUT2D eigenvalue weighted by atomic mass is 10.1. The number of rotatable bonds is 5. The molecule has 1 heterocycles. The predicted octanol–water partition coefficient (Wildman–Crippen LogP) is 1.94. The zero-order chi connectivity index (χ0) is 12.1. The fourth-order valence-electron chi connectivity index (χ4n) is 1.85. The zero-order valence-corrected chi connectivity index (χ0v) is 10.3. The van der Waals surface area contributed by atoms with Crippen molar-refractivity contribution in [2.45, 2.75) is 26.4 Å². The maximum atomic E-state index is 4.15. The summed E-state index contributed by atoms with van der Waals surface area (Å²) in [6.07, 6.45) is 3.32. The highest BCUT2D eigenvalue weighted by Gasteiger charge is 2.10. The van der Waals surface area contributed by atoms with Gasteiger partial charge in [-0.1, -0.05) is 36.8 Å². The standard InChI is InChI=1S/C13H18N4/c1-3-15-13(8-17-10-14-9-16-17)12-6-4-11(2)5-7-12/h4-7,9-10,13,15H,3,8H2,1-2H3. The molecule has 0 spiro atoms. The third kappa shape index (κ3) is 3.14. The van der Waals surface area contributed by atoms with Crippen LogP contribution in [0.25, 0.3) is 0 Å². The topological polar surface area (TPSA) is 42.7 Å². The Morgan fingerprint density at radius 3 is 2.65 bits per heavy atom. The summed E-state index contributed by atoms with van der Waals surface area (Å²) >= 11 is 0. The van der Waals surface area contributed by atoms with Gasteiger partial charge >= 0.3 is 0 Å². The third-order valence-corrected chi connectivity index (χ3v) is 2.77. The van der Waals surface area contributed by atoms with E-state index in [1.165, 1.54) is 11.1 Å². The van der Waals surface area contributed by atoms with Gasteiger partial charge in [-0.2, -0.15) is 5.10 Å². The summed E-state index contributed by atoms with van der Waals surface area (Å²) in [5, 5.41) is 7.61. The van der Waals surface area contributed by atoms with Gasteiger partial charge in [-0.25, -0.2) is 4.98 Å². The number of likely N-dealkylation sites (N-methyl/N-ethyl adjacent to an activating group) is 1. The maximum Gasteiger partial charge on any atom is 0.137 e. The van der Waals surface area contributed by atoms with Gasteiger partial charge < -0.3 is 5.32 Å². The average Bonchev–Trinajstić information content (AvgIpc) is 2.82. The van der Waals surface area contributed by atoms with Gasteiger partial charge in [0.1, 0.15) is 12.7 Å². The molecule has 4 nitrogen and oxygen atoms in total. The van der Waals surface area contributed by atoms with E-state index in [1.807, 2.05) is 4.68 Å². The van der Waals surface area contributed by atoms with Gasteiger partial charge in [-0.3, -0.25) is 4.68 Å². The Morgan fingerprint density at radius 2 is 2.06 bits per heavy atom. The summed E-state index contributed by atoms with van der Waals surface area (Å²) in [7, 11) is 0. The normalized spacial score (nSPS) is 12.6. The number of nitrogens with zero attached hydrogens (tertiary/aromatic N) is 3. The Bertz CT molecular complexity index is 433. The average molecular weight is 230 g/mol. The molecular formula is C13H18N4. The van der Waals surface area contributed by atoms with E-state index in [0.717, 1.165) is 13.1 Å². The van der Waals surface area contributed by atoms with Gasteiger partial charge in [0.15, 0.2) is 0 Å². The lowest BCUT2D eigenvalue weighted by Crippen LogP contribution is -2.25. The van der Waals surface area contributed by atoms with Crippen LogP contribution in [0.2, 0.25) is 0 Å². The van der Waals surface area contributed by atoms with Crippen molar-refractivity contribution in [3.05, 3.63) is 48.0 Å². The van der Waals surface area contributed by atoms with Crippen molar-refractivity contribution in [2.75, 3.05) is 6.54 Å². The highest BCUT2D eigenvalue weighted by molar-refractivity contribution is 5.24. The summed E-state index contributed by atoms with van der Waals surface area (Å²) in [6.45, 7) is 5.95. The van der Waals surface area contributed by atoms with Crippen molar-refractivity contribution in [3.8, 4) is 0 Å². The number of hydrogen-bond donors (Lipinski definition) is 1. The van der Waals surface area contributed by atoms with Gasteiger partial charge in [0, 0.05) is 0 Å². The van der Waals surface area contributed by atoms with Gasteiger partial charge in [0.25, 0.3) is 0 Å². The quantitative estimate of drug-likeness (QED) is 0.853. The minimum absolute atomic E-state index is 0.280. The molecule has 1 unspecified atom stereocenters. The van der Waals surface area contributed by atoms with Gasteiger partial charge in [-0.05, 0) is 19.0 Å². The molecule has 0 amide bonds. The van der Waals surface area contributed by atoms with E-state index in [4.69, 9.17) is 0 Å². The molecule has 2 aromatic rings. The second-order valence-corrected chi connectivity index (χ2v) is 4.14. The summed E-state index contributed by atoms with van der Waals surface area (Å²) in [5.41, 5.74) is 2.57. The Balaban J connectivity index is 2.13. The molecule has 0 bridgehead atoms. The molecule has 1 aromatic carbocycles. The Hall–Kier alpha value is -1.68. The zero-order valence-electron chi connectivity index (χ0n) is 10.3. The van der Waals surface area contributed by atoms with Crippen LogP contribution in [-0.4, -0.2) is 21.3 Å². The van der Waals surface area contributed by atoms with Gasteiger partial charge in [0.05, 0.1) is 12.6 Å². The van der Waals surface area contributed by atoms with Crippen LogP contribution < -0.4 is 5.32 Å². The first-order valence-electron chi connectivity index (χ1n) is 5.92.